The molecule has 0 unspecified atom stereocenters. The van der Waals surface area contributed by atoms with Crippen molar-refractivity contribution in [1.29, 1.82) is 0 Å². The van der Waals surface area contributed by atoms with Crippen LogP contribution in [0, 0.1) is 0 Å². The van der Waals surface area contributed by atoms with Crippen LogP contribution in [0.15, 0.2) is 0 Å². The van der Waals surface area contributed by atoms with Gasteiger partial charge in [0, 0.05) is 12.3 Å². The molecular weight excluding hydrogens is 267 g/mol. The molecule has 0 heterocycles. The lowest BCUT2D eigenvalue weighted by Crippen LogP contribution is -2.21. The van der Waals surface area contributed by atoms with E-state index in [2.05, 4.69) is 12.6 Å². The summed E-state index contributed by atoms with van der Waals surface area (Å²) in [6.07, 6.45) is -6.04. The van der Waals surface area contributed by atoms with E-state index in [1.165, 1.54) is 0 Å². The summed E-state index contributed by atoms with van der Waals surface area (Å²) in [5, 5.41) is 31.1. The van der Waals surface area contributed by atoms with Gasteiger partial charge in [-0.25, -0.2) is 4.79 Å². The van der Waals surface area contributed by atoms with E-state index in [1.54, 1.807) is 0 Å². The maximum Gasteiger partial charge on any atom is 0.490 e. The zero-order chi connectivity index (χ0) is 14.5. The third-order valence-corrected chi connectivity index (χ3v) is 1.05. The summed E-state index contributed by atoms with van der Waals surface area (Å²) in [7, 11) is 0. The highest BCUT2D eigenvalue weighted by Crippen LogP contribution is 2.13. The van der Waals surface area contributed by atoms with E-state index < -0.39 is 18.2 Å². The topological polar surface area (TPSA) is 124 Å². The van der Waals surface area contributed by atoms with Crippen LogP contribution in [0.2, 0.25) is 0 Å². The Morgan fingerprint density at radius 3 is 1.53 bits per heavy atom. The molecule has 0 fully saturated rings. The number of carboxylic acids is 1. The maximum atomic E-state index is 10.6. The standard InChI is InChI=1S/C3H8O3.C2HF3O2.C2H7NS/c4-1-3(6)2-5;3-2(4,5)1(6)7;3-1-2-4/h3-6H,1-2H2;(H,6,7);4H,1-3H2. The second-order valence-corrected chi connectivity index (χ2v) is 2.78. The lowest BCUT2D eigenvalue weighted by atomic mass is 10.4. The number of rotatable bonds is 3. The van der Waals surface area contributed by atoms with Gasteiger partial charge in [-0.1, -0.05) is 0 Å². The van der Waals surface area contributed by atoms with Crippen LogP contribution in [-0.2, 0) is 4.79 Å². The van der Waals surface area contributed by atoms with Gasteiger partial charge in [0.15, 0.2) is 0 Å². The highest BCUT2D eigenvalue weighted by atomic mass is 32.1. The van der Waals surface area contributed by atoms with Gasteiger partial charge in [-0.3, -0.25) is 0 Å². The Kier molecular flexibility index (Phi) is 17.3. The van der Waals surface area contributed by atoms with Crippen molar-refractivity contribution >= 4 is 18.6 Å². The van der Waals surface area contributed by atoms with Gasteiger partial charge in [0.05, 0.1) is 13.2 Å². The van der Waals surface area contributed by atoms with Gasteiger partial charge in [0.25, 0.3) is 0 Å². The summed E-state index contributed by atoms with van der Waals surface area (Å²) < 4.78 is 31.7. The third kappa shape index (κ3) is 25.6. The average molecular weight is 283 g/mol. The van der Waals surface area contributed by atoms with E-state index in [-0.39, 0.29) is 13.2 Å². The van der Waals surface area contributed by atoms with Crippen LogP contribution in [0.1, 0.15) is 0 Å². The van der Waals surface area contributed by atoms with Crippen LogP contribution in [0.4, 0.5) is 13.2 Å². The number of alkyl halides is 3. The summed E-state index contributed by atoms with van der Waals surface area (Å²) in [6.45, 7) is -0.0455. The van der Waals surface area contributed by atoms with Crippen LogP contribution < -0.4 is 5.73 Å². The van der Waals surface area contributed by atoms with Gasteiger partial charge in [0.1, 0.15) is 6.10 Å². The van der Waals surface area contributed by atoms with Crippen molar-refractivity contribution in [2.24, 2.45) is 5.73 Å². The Labute approximate surface area is 101 Å². The van der Waals surface area contributed by atoms with Gasteiger partial charge in [-0.15, -0.1) is 0 Å². The van der Waals surface area contributed by atoms with E-state index in [0.717, 1.165) is 5.75 Å². The molecule has 0 aliphatic carbocycles. The zero-order valence-electron chi connectivity index (χ0n) is 8.76. The second kappa shape index (κ2) is 13.5. The highest BCUT2D eigenvalue weighted by Gasteiger charge is 2.38. The number of thiol groups is 1. The first-order valence-electron chi connectivity index (χ1n) is 4.18. The largest absolute Gasteiger partial charge is 0.490 e. The Bertz CT molecular complexity index is 175. The van der Waals surface area contributed by atoms with Gasteiger partial charge in [-0.05, 0) is 0 Å². The van der Waals surface area contributed by atoms with Crippen molar-refractivity contribution in [3.8, 4) is 0 Å². The molecule has 0 saturated heterocycles. The smallest absolute Gasteiger partial charge is 0.475 e. The molecule has 0 bridgehead atoms. The minimum Gasteiger partial charge on any atom is -0.475 e. The molecule has 0 saturated carbocycles. The molecular formula is C7H16F3NO5S. The third-order valence-electron chi connectivity index (χ3n) is 0.793. The molecule has 6 nitrogen and oxygen atoms in total. The Hall–Kier alpha value is -0.550. The minimum absolute atomic E-state index is 0.365. The van der Waals surface area contributed by atoms with Crippen LogP contribution >= 0.6 is 12.6 Å². The number of carbonyl (C=O) groups is 1. The first-order valence-corrected chi connectivity index (χ1v) is 4.81. The summed E-state index contributed by atoms with van der Waals surface area (Å²) in [5.74, 6) is -1.97. The van der Waals surface area contributed by atoms with Crippen molar-refractivity contribution in [3.05, 3.63) is 0 Å². The lowest BCUT2D eigenvalue weighted by molar-refractivity contribution is -0.192. The number of aliphatic carboxylic acids is 1. The van der Waals surface area contributed by atoms with E-state index in [0.29, 0.717) is 6.54 Å². The van der Waals surface area contributed by atoms with Crippen molar-refractivity contribution in [2.75, 3.05) is 25.5 Å². The van der Waals surface area contributed by atoms with Crippen molar-refractivity contribution in [1.82, 2.24) is 0 Å². The van der Waals surface area contributed by atoms with E-state index in [4.69, 9.17) is 31.0 Å². The average Bonchev–Trinajstić information content (AvgIpc) is 2.27. The Morgan fingerprint density at radius 1 is 1.29 bits per heavy atom. The molecule has 0 rings (SSSR count). The number of carboxylic acid groups (broad SMARTS) is 1. The molecule has 0 aliphatic rings. The highest BCUT2D eigenvalue weighted by molar-refractivity contribution is 7.80. The van der Waals surface area contributed by atoms with Gasteiger partial charge in [0.2, 0.25) is 0 Å². The second-order valence-electron chi connectivity index (χ2n) is 2.33. The molecule has 0 radical (unpaired) electrons. The number of aliphatic hydroxyl groups excluding tert-OH is 3. The van der Waals surface area contributed by atoms with Crippen molar-refractivity contribution in [2.45, 2.75) is 12.3 Å². The summed E-state index contributed by atoms with van der Waals surface area (Å²) >= 11 is 3.80. The van der Waals surface area contributed by atoms with E-state index in [9.17, 15) is 13.2 Å². The van der Waals surface area contributed by atoms with E-state index in [1.807, 2.05) is 0 Å². The zero-order valence-corrected chi connectivity index (χ0v) is 9.66. The fourth-order valence-corrected chi connectivity index (χ4v) is 0.0577. The van der Waals surface area contributed by atoms with Gasteiger partial charge in [-0.2, -0.15) is 25.8 Å². The van der Waals surface area contributed by atoms with Crippen LogP contribution in [-0.4, -0.2) is 64.2 Å². The fourth-order valence-electron chi connectivity index (χ4n) is 0.0577. The monoisotopic (exact) mass is 283 g/mol. The molecule has 0 aromatic rings. The summed E-state index contributed by atoms with van der Waals surface area (Å²) in [6, 6.07) is 0. The fraction of sp³-hybridized carbons (Fsp3) is 0.857. The Balaban J connectivity index is -0.000000180. The number of aliphatic hydroxyl groups is 3. The molecule has 0 atom stereocenters. The van der Waals surface area contributed by atoms with Gasteiger partial charge >= 0.3 is 12.1 Å². The Morgan fingerprint density at radius 2 is 1.53 bits per heavy atom. The molecule has 6 N–H and O–H groups in total. The normalized spacial score (nSPS) is 9.94. The molecule has 0 aliphatic heterocycles. The number of hydrogen-bond donors (Lipinski definition) is 6. The predicted molar refractivity (Wildman–Crippen MR) is 56.8 cm³/mol. The SMILES string of the molecule is NCCS.O=C(O)C(F)(F)F.OCC(O)CO. The maximum absolute atomic E-state index is 10.6. The quantitative estimate of drug-likeness (QED) is 0.363. The number of nitrogens with two attached hydrogens (primary N) is 1. The molecule has 10 heteroatoms. The predicted octanol–water partition coefficient (Wildman–Crippen LogP) is -1.16. The summed E-state index contributed by atoms with van der Waals surface area (Å²) in [4.78, 5) is 8.90. The number of hydrogen-bond acceptors (Lipinski definition) is 6. The number of halogens is 3. The molecule has 106 valence electrons. The van der Waals surface area contributed by atoms with E-state index >= 15 is 0 Å². The molecule has 0 spiro atoms. The van der Waals surface area contributed by atoms with Crippen LogP contribution in [0.25, 0.3) is 0 Å². The van der Waals surface area contributed by atoms with Crippen molar-refractivity contribution < 1.29 is 38.4 Å². The van der Waals surface area contributed by atoms with Gasteiger partial charge < -0.3 is 26.2 Å². The molecule has 0 amide bonds. The van der Waals surface area contributed by atoms with Crippen LogP contribution in [0.3, 0.4) is 0 Å². The van der Waals surface area contributed by atoms with Crippen molar-refractivity contribution in [3.63, 3.8) is 0 Å². The minimum atomic E-state index is -5.08. The van der Waals surface area contributed by atoms with Crippen LogP contribution in [0.5, 0.6) is 0 Å². The molecule has 0 aromatic heterocycles. The first kappa shape index (κ1) is 21.7. The molecule has 0 aromatic carbocycles. The molecule has 17 heavy (non-hydrogen) atoms. The lowest BCUT2D eigenvalue weighted by Gasteiger charge is -1.96. The summed E-state index contributed by atoms with van der Waals surface area (Å²) in [5.41, 5.74) is 4.95. The first-order chi connectivity index (χ1) is 7.67.